The number of ether oxygens (including phenoxy) is 8. The first kappa shape index (κ1) is 19.6. The zero-order valence-corrected chi connectivity index (χ0v) is 16.4. The van der Waals surface area contributed by atoms with E-state index in [9.17, 15) is 0 Å². The molecule has 5 fully saturated rings. The highest BCUT2D eigenvalue weighted by Crippen LogP contribution is 2.34. The average molecular weight is 400 g/mol. The third-order valence-corrected chi connectivity index (χ3v) is 5.81. The molecule has 4 saturated heterocycles. The molecule has 0 aromatic carbocycles. The van der Waals surface area contributed by atoms with E-state index in [1.807, 2.05) is 0 Å². The highest BCUT2D eigenvalue weighted by atomic mass is 16.8. The van der Waals surface area contributed by atoms with Crippen LogP contribution in [0, 0.1) is 0 Å². The molecule has 5 rings (SSSR count). The van der Waals surface area contributed by atoms with Gasteiger partial charge in [-0.1, -0.05) is 0 Å². The molecule has 0 radical (unpaired) electrons. The molecule has 7 unspecified atom stereocenters. The molecule has 4 aliphatic heterocycles. The Morgan fingerprint density at radius 1 is 0.643 bits per heavy atom. The Balaban J connectivity index is 1.14. The largest absolute Gasteiger partial charge is 0.375 e. The van der Waals surface area contributed by atoms with Crippen LogP contribution in [-0.2, 0) is 37.9 Å². The van der Waals surface area contributed by atoms with Crippen molar-refractivity contribution < 1.29 is 37.9 Å². The van der Waals surface area contributed by atoms with E-state index in [1.54, 1.807) is 0 Å². The minimum Gasteiger partial charge on any atom is -0.375 e. The molecule has 0 bridgehead atoms. The Hall–Kier alpha value is -0.320. The van der Waals surface area contributed by atoms with Crippen LogP contribution in [0.1, 0.15) is 38.5 Å². The van der Waals surface area contributed by atoms with Crippen molar-refractivity contribution in [3.8, 4) is 0 Å². The first-order valence-electron chi connectivity index (χ1n) is 10.8. The Morgan fingerprint density at radius 3 is 1.89 bits per heavy atom. The van der Waals surface area contributed by atoms with Crippen LogP contribution in [0.3, 0.4) is 0 Å². The van der Waals surface area contributed by atoms with E-state index in [0.29, 0.717) is 32.0 Å². The van der Waals surface area contributed by atoms with Crippen molar-refractivity contribution in [3.63, 3.8) is 0 Å². The van der Waals surface area contributed by atoms with Crippen molar-refractivity contribution in [1.82, 2.24) is 0 Å². The fraction of sp³-hybridized carbons (Fsp3) is 1.00. The summed E-state index contributed by atoms with van der Waals surface area (Å²) in [7, 11) is 0. The molecular formula is C20H32O8. The van der Waals surface area contributed by atoms with Gasteiger partial charge in [0.2, 0.25) is 0 Å². The lowest BCUT2D eigenvalue weighted by atomic mass is 9.89. The zero-order valence-electron chi connectivity index (χ0n) is 16.4. The summed E-state index contributed by atoms with van der Waals surface area (Å²) in [5.74, 6) is 0. The highest BCUT2D eigenvalue weighted by molar-refractivity contribution is 4.92. The van der Waals surface area contributed by atoms with E-state index in [2.05, 4.69) is 0 Å². The SMILES string of the molecule is C(CCC1CO1)COC1CC(OC2CO2)CC(OCCC2CO2)[C@@H]1OC1CO1. The van der Waals surface area contributed by atoms with Gasteiger partial charge in [-0.15, -0.1) is 0 Å². The van der Waals surface area contributed by atoms with Gasteiger partial charge in [-0.25, -0.2) is 0 Å². The minimum atomic E-state index is -0.126. The predicted molar refractivity (Wildman–Crippen MR) is 95.9 cm³/mol. The number of hydrogen-bond donors (Lipinski definition) is 0. The van der Waals surface area contributed by atoms with Crippen molar-refractivity contribution >= 4 is 0 Å². The van der Waals surface area contributed by atoms with Crippen molar-refractivity contribution in [3.05, 3.63) is 0 Å². The fourth-order valence-corrected chi connectivity index (χ4v) is 3.89. The van der Waals surface area contributed by atoms with Crippen LogP contribution in [0.25, 0.3) is 0 Å². The fourth-order valence-electron chi connectivity index (χ4n) is 3.89. The maximum Gasteiger partial charge on any atom is 0.181 e. The summed E-state index contributed by atoms with van der Waals surface area (Å²) in [6.45, 7) is 4.51. The van der Waals surface area contributed by atoms with Gasteiger partial charge in [0.1, 0.15) is 19.3 Å². The van der Waals surface area contributed by atoms with Crippen LogP contribution in [0.15, 0.2) is 0 Å². The van der Waals surface area contributed by atoms with Crippen molar-refractivity contribution in [1.29, 1.82) is 0 Å². The van der Waals surface area contributed by atoms with Crippen LogP contribution in [0.4, 0.5) is 0 Å². The molecule has 8 heteroatoms. The lowest BCUT2D eigenvalue weighted by Crippen LogP contribution is -2.51. The van der Waals surface area contributed by atoms with E-state index in [-0.39, 0.29) is 37.0 Å². The summed E-state index contributed by atoms with van der Waals surface area (Å²) in [6.07, 6.45) is 6.31. The lowest BCUT2D eigenvalue weighted by molar-refractivity contribution is -0.203. The summed E-state index contributed by atoms with van der Waals surface area (Å²) >= 11 is 0. The highest BCUT2D eigenvalue weighted by Gasteiger charge is 2.45. The van der Waals surface area contributed by atoms with Gasteiger partial charge < -0.3 is 37.9 Å². The van der Waals surface area contributed by atoms with Crippen LogP contribution in [0.2, 0.25) is 0 Å². The van der Waals surface area contributed by atoms with Crippen molar-refractivity contribution in [2.75, 3.05) is 39.6 Å². The van der Waals surface area contributed by atoms with E-state index in [1.165, 1.54) is 0 Å². The van der Waals surface area contributed by atoms with Crippen LogP contribution in [-0.4, -0.2) is 88.8 Å². The standard InChI is InChI=1S/C20H32O8/c1(3-13-9-23-13)2-5-21-16-7-15(27-18-11-25-18)8-17(20(16)28-19-12-26-19)22-6-4-14-10-24-14/h13-20H,1-12H2/t13?,14?,15?,16?,17?,18?,19?,20-/m1/s1. The van der Waals surface area contributed by atoms with Gasteiger partial charge in [-0.3, -0.25) is 0 Å². The minimum absolute atomic E-state index is 0.0546. The second kappa shape index (κ2) is 9.22. The molecule has 0 spiro atoms. The summed E-state index contributed by atoms with van der Waals surface area (Å²) in [5.41, 5.74) is 0. The molecule has 8 nitrogen and oxygen atoms in total. The molecule has 0 aromatic rings. The number of unbranched alkanes of at least 4 members (excludes halogenated alkanes) is 1. The number of epoxide rings is 4. The first-order valence-corrected chi connectivity index (χ1v) is 10.8. The third kappa shape index (κ3) is 6.34. The molecule has 5 aliphatic rings. The van der Waals surface area contributed by atoms with Gasteiger partial charge in [-0.05, 0) is 25.7 Å². The van der Waals surface area contributed by atoms with Gasteiger partial charge >= 0.3 is 0 Å². The maximum absolute atomic E-state index is 6.28. The van der Waals surface area contributed by atoms with E-state index in [0.717, 1.165) is 58.3 Å². The van der Waals surface area contributed by atoms with Gasteiger partial charge in [0.05, 0.1) is 43.7 Å². The molecule has 4 heterocycles. The molecule has 0 amide bonds. The molecule has 0 N–H and O–H groups in total. The molecule has 8 atom stereocenters. The Morgan fingerprint density at radius 2 is 1.25 bits per heavy atom. The van der Waals surface area contributed by atoms with E-state index in [4.69, 9.17) is 37.9 Å². The summed E-state index contributed by atoms with van der Waals surface area (Å²) in [6, 6.07) is 0. The van der Waals surface area contributed by atoms with Crippen molar-refractivity contribution in [2.24, 2.45) is 0 Å². The van der Waals surface area contributed by atoms with Crippen LogP contribution in [0.5, 0.6) is 0 Å². The molecule has 1 aliphatic carbocycles. The van der Waals surface area contributed by atoms with Crippen LogP contribution >= 0.6 is 0 Å². The van der Waals surface area contributed by atoms with Crippen LogP contribution < -0.4 is 0 Å². The molecule has 1 saturated carbocycles. The van der Waals surface area contributed by atoms with E-state index < -0.39 is 0 Å². The number of hydrogen-bond acceptors (Lipinski definition) is 8. The molecular weight excluding hydrogens is 368 g/mol. The maximum atomic E-state index is 6.28. The normalized spacial score (nSPS) is 43.7. The summed E-state index contributed by atoms with van der Waals surface area (Å²) in [4.78, 5) is 0. The average Bonchev–Trinajstić information content (AvgIpc) is 3.53. The van der Waals surface area contributed by atoms with Gasteiger partial charge in [0.15, 0.2) is 12.6 Å². The Bertz CT molecular complexity index is 489. The summed E-state index contributed by atoms with van der Waals surface area (Å²) < 4.78 is 45.9. The number of rotatable bonds is 14. The molecule has 160 valence electrons. The monoisotopic (exact) mass is 400 g/mol. The van der Waals surface area contributed by atoms with E-state index >= 15 is 0 Å². The third-order valence-electron chi connectivity index (χ3n) is 5.81. The summed E-state index contributed by atoms with van der Waals surface area (Å²) in [5, 5.41) is 0. The Labute approximate surface area is 166 Å². The molecule has 28 heavy (non-hydrogen) atoms. The molecule has 0 aromatic heterocycles. The lowest BCUT2D eigenvalue weighted by Gasteiger charge is -2.40. The second-order valence-corrected chi connectivity index (χ2v) is 8.37. The second-order valence-electron chi connectivity index (χ2n) is 8.37. The van der Waals surface area contributed by atoms with Crippen molar-refractivity contribution in [2.45, 2.75) is 87.7 Å². The van der Waals surface area contributed by atoms with Gasteiger partial charge in [0, 0.05) is 26.1 Å². The predicted octanol–water partition coefficient (Wildman–Crippen LogP) is 1.39. The van der Waals surface area contributed by atoms with Gasteiger partial charge in [-0.2, -0.15) is 0 Å². The first-order chi connectivity index (χ1) is 13.8. The smallest absolute Gasteiger partial charge is 0.181 e. The Kier molecular flexibility index (Phi) is 6.47. The van der Waals surface area contributed by atoms with Gasteiger partial charge in [0.25, 0.3) is 0 Å². The topological polar surface area (TPSA) is 87.0 Å². The quantitative estimate of drug-likeness (QED) is 0.319. The zero-order chi connectivity index (χ0) is 18.8.